The van der Waals surface area contributed by atoms with Crippen LogP contribution in [0.1, 0.15) is 0 Å². The van der Waals surface area contributed by atoms with E-state index in [0.29, 0.717) is 5.82 Å². The van der Waals surface area contributed by atoms with Crippen LogP contribution < -0.4 is 5.73 Å². The number of rotatable bonds is 1. The van der Waals surface area contributed by atoms with Gasteiger partial charge in [0.1, 0.15) is 5.82 Å². The first kappa shape index (κ1) is 8.96. The molecule has 0 aliphatic heterocycles. The van der Waals surface area contributed by atoms with E-state index < -0.39 is 0 Å². The number of nitrogens with two attached hydrogens (primary N) is 1. The number of aromatic nitrogens is 4. The van der Waals surface area contributed by atoms with Crippen molar-refractivity contribution in [3.63, 3.8) is 0 Å². The fraction of sp³-hybridized carbons (Fsp3) is 0.0909. The molecule has 0 saturated heterocycles. The van der Waals surface area contributed by atoms with Gasteiger partial charge in [-0.05, 0) is 12.1 Å². The second kappa shape index (κ2) is 3.10. The average molecular weight is 213 g/mol. The predicted molar refractivity (Wildman–Crippen MR) is 62.7 cm³/mol. The molecule has 0 fully saturated rings. The van der Waals surface area contributed by atoms with Crippen molar-refractivity contribution in [1.29, 1.82) is 0 Å². The maximum Gasteiger partial charge on any atom is 0.121 e. The van der Waals surface area contributed by atoms with Gasteiger partial charge < -0.3 is 5.73 Å². The van der Waals surface area contributed by atoms with Gasteiger partial charge in [0.25, 0.3) is 0 Å². The van der Waals surface area contributed by atoms with Crippen molar-refractivity contribution in [2.75, 3.05) is 5.73 Å². The molecule has 5 nitrogen and oxygen atoms in total. The summed E-state index contributed by atoms with van der Waals surface area (Å²) in [5.74, 6) is 0.655. The van der Waals surface area contributed by atoms with E-state index in [0.717, 1.165) is 22.2 Å². The van der Waals surface area contributed by atoms with Crippen LogP contribution in [0.5, 0.6) is 0 Å². The SMILES string of the molecule is Cn1nc(-c2ccc3[nH]ncc3c2)cc1N. The highest BCUT2D eigenvalue weighted by atomic mass is 15.3. The molecule has 3 N–H and O–H groups in total. The summed E-state index contributed by atoms with van der Waals surface area (Å²) >= 11 is 0. The highest BCUT2D eigenvalue weighted by molar-refractivity contribution is 5.83. The van der Waals surface area contributed by atoms with E-state index in [1.54, 1.807) is 10.9 Å². The quantitative estimate of drug-likeness (QED) is 0.644. The molecular formula is C11H11N5. The van der Waals surface area contributed by atoms with Crippen LogP contribution in [0, 0.1) is 0 Å². The summed E-state index contributed by atoms with van der Waals surface area (Å²) in [5.41, 5.74) is 8.69. The molecule has 16 heavy (non-hydrogen) atoms. The third kappa shape index (κ3) is 1.25. The maximum atomic E-state index is 5.75. The lowest BCUT2D eigenvalue weighted by molar-refractivity contribution is 0.782. The first-order chi connectivity index (χ1) is 7.74. The topological polar surface area (TPSA) is 72.5 Å². The summed E-state index contributed by atoms with van der Waals surface area (Å²) in [6, 6.07) is 7.90. The largest absolute Gasteiger partial charge is 0.384 e. The Hall–Kier alpha value is -2.30. The van der Waals surface area contributed by atoms with Crippen LogP contribution in [0.4, 0.5) is 5.82 Å². The van der Waals surface area contributed by atoms with Crippen molar-refractivity contribution in [2.24, 2.45) is 7.05 Å². The number of nitrogens with zero attached hydrogens (tertiary/aromatic N) is 3. The molecule has 0 bridgehead atoms. The van der Waals surface area contributed by atoms with Crippen molar-refractivity contribution in [1.82, 2.24) is 20.0 Å². The van der Waals surface area contributed by atoms with E-state index in [-0.39, 0.29) is 0 Å². The van der Waals surface area contributed by atoms with E-state index in [1.807, 2.05) is 31.3 Å². The Morgan fingerprint density at radius 3 is 2.94 bits per heavy atom. The van der Waals surface area contributed by atoms with Gasteiger partial charge in [-0.2, -0.15) is 10.2 Å². The zero-order valence-corrected chi connectivity index (χ0v) is 8.81. The number of anilines is 1. The Morgan fingerprint density at radius 1 is 1.31 bits per heavy atom. The number of aryl methyl sites for hydroxylation is 1. The lowest BCUT2D eigenvalue weighted by Crippen LogP contribution is -1.96. The highest BCUT2D eigenvalue weighted by Crippen LogP contribution is 2.23. The number of hydrogen-bond donors (Lipinski definition) is 2. The molecule has 0 saturated carbocycles. The van der Waals surface area contributed by atoms with E-state index in [9.17, 15) is 0 Å². The monoisotopic (exact) mass is 213 g/mol. The molecule has 0 aliphatic carbocycles. The Morgan fingerprint density at radius 2 is 2.19 bits per heavy atom. The molecule has 1 aromatic carbocycles. The molecule has 2 aromatic heterocycles. The third-order valence-corrected chi connectivity index (χ3v) is 2.65. The normalized spacial score (nSPS) is 11.1. The standard InChI is InChI=1S/C11H11N5/c1-16-11(12)5-10(15-16)7-2-3-9-8(4-7)6-13-14-9/h2-6H,12H2,1H3,(H,13,14). The van der Waals surface area contributed by atoms with Crippen LogP contribution >= 0.6 is 0 Å². The van der Waals surface area contributed by atoms with Crippen LogP contribution in [-0.4, -0.2) is 20.0 Å². The molecule has 0 amide bonds. The third-order valence-electron chi connectivity index (χ3n) is 2.65. The van der Waals surface area contributed by atoms with Crippen molar-refractivity contribution < 1.29 is 0 Å². The average Bonchev–Trinajstić information content (AvgIpc) is 2.85. The number of H-pyrrole nitrogens is 1. The first-order valence-corrected chi connectivity index (χ1v) is 4.97. The van der Waals surface area contributed by atoms with Gasteiger partial charge in [-0.3, -0.25) is 9.78 Å². The van der Waals surface area contributed by atoms with Crippen LogP contribution in [-0.2, 0) is 7.05 Å². The lowest BCUT2D eigenvalue weighted by Gasteiger charge is -1.96. The molecule has 0 atom stereocenters. The van der Waals surface area contributed by atoms with E-state index >= 15 is 0 Å². The minimum absolute atomic E-state index is 0.655. The van der Waals surface area contributed by atoms with Crippen molar-refractivity contribution >= 4 is 16.7 Å². The molecule has 0 aliphatic rings. The van der Waals surface area contributed by atoms with Gasteiger partial charge >= 0.3 is 0 Å². The van der Waals surface area contributed by atoms with E-state index in [2.05, 4.69) is 15.3 Å². The molecule has 80 valence electrons. The summed E-state index contributed by atoms with van der Waals surface area (Å²) in [4.78, 5) is 0. The number of hydrogen-bond acceptors (Lipinski definition) is 3. The zero-order chi connectivity index (χ0) is 11.1. The lowest BCUT2D eigenvalue weighted by atomic mass is 10.1. The number of nitrogen functional groups attached to an aromatic ring is 1. The fourth-order valence-corrected chi connectivity index (χ4v) is 1.72. The molecular weight excluding hydrogens is 202 g/mol. The van der Waals surface area contributed by atoms with Gasteiger partial charge in [0.15, 0.2) is 0 Å². The van der Waals surface area contributed by atoms with Crippen LogP contribution in [0.15, 0.2) is 30.5 Å². The molecule has 3 rings (SSSR count). The molecule has 0 unspecified atom stereocenters. The van der Waals surface area contributed by atoms with Crippen LogP contribution in [0.3, 0.4) is 0 Å². The molecule has 0 spiro atoms. The zero-order valence-electron chi connectivity index (χ0n) is 8.81. The molecule has 5 heteroatoms. The van der Waals surface area contributed by atoms with Gasteiger partial charge in [0, 0.05) is 24.1 Å². The van der Waals surface area contributed by atoms with Gasteiger partial charge in [-0.25, -0.2) is 0 Å². The van der Waals surface area contributed by atoms with Gasteiger partial charge in [-0.1, -0.05) is 6.07 Å². The summed E-state index contributed by atoms with van der Waals surface area (Å²) in [7, 11) is 1.83. The summed E-state index contributed by atoms with van der Waals surface area (Å²) in [6.07, 6.45) is 1.80. The molecule has 2 heterocycles. The summed E-state index contributed by atoms with van der Waals surface area (Å²) in [6.45, 7) is 0. The number of aromatic amines is 1. The highest BCUT2D eigenvalue weighted by Gasteiger charge is 2.05. The maximum absolute atomic E-state index is 5.75. The second-order valence-electron chi connectivity index (χ2n) is 3.75. The van der Waals surface area contributed by atoms with Crippen LogP contribution in [0.25, 0.3) is 22.2 Å². The van der Waals surface area contributed by atoms with Crippen molar-refractivity contribution in [2.45, 2.75) is 0 Å². The Kier molecular flexibility index (Phi) is 1.73. The number of nitrogens with one attached hydrogen (secondary N) is 1. The van der Waals surface area contributed by atoms with Gasteiger partial charge in [-0.15, -0.1) is 0 Å². The molecule has 3 aromatic rings. The summed E-state index contributed by atoms with van der Waals surface area (Å²) < 4.78 is 1.66. The van der Waals surface area contributed by atoms with Crippen molar-refractivity contribution in [3.8, 4) is 11.3 Å². The van der Waals surface area contributed by atoms with Gasteiger partial charge in [0.05, 0.1) is 17.4 Å². The smallest absolute Gasteiger partial charge is 0.121 e. The Balaban J connectivity index is 2.17. The first-order valence-electron chi connectivity index (χ1n) is 4.97. The molecule has 0 radical (unpaired) electrons. The minimum Gasteiger partial charge on any atom is -0.384 e. The summed E-state index contributed by atoms with van der Waals surface area (Å²) in [5, 5.41) is 12.3. The second-order valence-corrected chi connectivity index (χ2v) is 3.75. The Labute approximate surface area is 91.9 Å². The predicted octanol–water partition coefficient (Wildman–Crippen LogP) is 1.55. The number of fused-ring (bicyclic) bond motifs is 1. The minimum atomic E-state index is 0.655. The Bertz CT molecular complexity index is 630. The van der Waals surface area contributed by atoms with Gasteiger partial charge in [0.2, 0.25) is 0 Å². The number of benzene rings is 1. The van der Waals surface area contributed by atoms with E-state index in [4.69, 9.17) is 5.73 Å². The van der Waals surface area contributed by atoms with Crippen molar-refractivity contribution in [3.05, 3.63) is 30.5 Å². The fourth-order valence-electron chi connectivity index (χ4n) is 1.72. The van der Waals surface area contributed by atoms with E-state index in [1.165, 1.54) is 0 Å². The van der Waals surface area contributed by atoms with Crippen LogP contribution in [0.2, 0.25) is 0 Å².